The molecule has 38 heavy (non-hydrogen) atoms. The number of fused-ring (bicyclic) bond motifs is 1. The molecule has 2 N–H and O–H groups in total. The van der Waals surface area contributed by atoms with Crippen molar-refractivity contribution in [3.05, 3.63) is 40.6 Å². The normalized spacial score (nSPS) is 19.4. The summed E-state index contributed by atoms with van der Waals surface area (Å²) in [6.07, 6.45) is 13.2. The fraction of sp³-hybridized carbons (Fsp3) is 0.656. The van der Waals surface area contributed by atoms with Gasteiger partial charge in [-0.05, 0) is 120 Å². The predicted octanol–water partition coefficient (Wildman–Crippen LogP) is 7.23. The van der Waals surface area contributed by atoms with E-state index in [0.717, 1.165) is 56.7 Å². The Morgan fingerprint density at radius 2 is 1.71 bits per heavy atom. The summed E-state index contributed by atoms with van der Waals surface area (Å²) in [6.45, 7) is 11.3. The first kappa shape index (κ1) is 27.8. The molecule has 5 nitrogen and oxygen atoms in total. The number of hydrogen-bond donors (Lipinski definition) is 2. The van der Waals surface area contributed by atoms with E-state index in [4.69, 9.17) is 4.74 Å². The Balaban J connectivity index is 1.52. The minimum atomic E-state index is 0.0589. The highest BCUT2D eigenvalue weighted by Gasteiger charge is 2.27. The first-order chi connectivity index (χ1) is 18.3. The third-order valence-corrected chi connectivity index (χ3v) is 9.88. The maximum absolute atomic E-state index is 13.6. The number of hydrogen-bond acceptors (Lipinski definition) is 4. The van der Waals surface area contributed by atoms with Crippen LogP contribution in [0.25, 0.3) is 11.3 Å². The third-order valence-electron chi connectivity index (χ3n) is 8.57. The second-order valence-corrected chi connectivity index (χ2v) is 13.6. The Morgan fingerprint density at radius 3 is 2.42 bits per heavy atom. The van der Waals surface area contributed by atoms with Crippen molar-refractivity contribution in [3.8, 4) is 11.3 Å². The molecule has 5 rings (SSSR count). The maximum atomic E-state index is 13.6. The van der Waals surface area contributed by atoms with Crippen molar-refractivity contribution in [2.75, 3.05) is 13.2 Å². The van der Waals surface area contributed by atoms with E-state index < -0.39 is 0 Å². The van der Waals surface area contributed by atoms with E-state index in [1.54, 1.807) is 11.9 Å². The molecule has 1 aromatic heterocycles. The van der Waals surface area contributed by atoms with Crippen LogP contribution in [0, 0.1) is 12.8 Å². The van der Waals surface area contributed by atoms with Crippen LogP contribution in [0.5, 0.6) is 0 Å². The standard InChI is InChI=1S/C32H47N3O2S/c1-22-28(31(36)33-24-16-18-37-19-17-24)20-29(35(22)21-23-10-6-5-7-11-23)26-14-15-30(38-34-32(2,3)4)27-13-9-8-12-25(26)27/h14-15,20,23-24,34H,5-13,16-19,21H2,1-4H3,(H,33,36). The second-order valence-electron chi connectivity index (χ2n) is 12.7. The van der Waals surface area contributed by atoms with Crippen LogP contribution in [0.1, 0.15) is 106 Å². The molecule has 6 heteroatoms. The molecule has 3 aliphatic rings. The van der Waals surface area contributed by atoms with Gasteiger partial charge in [0.1, 0.15) is 0 Å². The van der Waals surface area contributed by atoms with Gasteiger partial charge in [0.05, 0.1) is 5.56 Å². The predicted molar refractivity (Wildman–Crippen MR) is 158 cm³/mol. The number of aromatic nitrogens is 1. The Kier molecular flexibility index (Phi) is 8.91. The molecule has 2 heterocycles. The summed E-state index contributed by atoms with van der Waals surface area (Å²) < 4.78 is 11.6. The molecule has 0 radical (unpaired) electrons. The SMILES string of the molecule is Cc1c(C(=O)NC2CCOCC2)cc(-c2ccc(SNC(C)(C)C)c3c2CCCC3)n1CC1CCCCC1. The van der Waals surface area contributed by atoms with Crippen LogP contribution in [-0.2, 0) is 24.1 Å². The van der Waals surface area contributed by atoms with Gasteiger partial charge in [-0.25, -0.2) is 0 Å². The minimum Gasteiger partial charge on any atom is -0.381 e. The number of carbonyl (C=O) groups excluding carboxylic acids is 1. The van der Waals surface area contributed by atoms with Crippen LogP contribution in [0.4, 0.5) is 0 Å². The average Bonchev–Trinajstić information content (AvgIpc) is 3.23. The van der Waals surface area contributed by atoms with E-state index >= 15 is 0 Å². The van der Waals surface area contributed by atoms with Crippen molar-refractivity contribution < 1.29 is 9.53 Å². The van der Waals surface area contributed by atoms with Crippen molar-refractivity contribution in [3.63, 3.8) is 0 Å². The monoisotopic (exact) mass is 537 g/mol. The molecule has 208 valence electrons. The number of carbonyl (C=O) groups is 1. The fourth-order valence-electron chi connectivity index (χ4n) is 6.44. The summed E-state index contributed by atoms with van der Waals surface area (Å²) in [5, 5.41) is 3.33. The summed E-state index contributed by atoms with van der Waals surface area (Å²) in [7, 11) is 0. The summed E-state index contributed by atoms with van der Waals surface area (Å²) >= 11 is 1.78. The lowest BCUT2D eigenvalue weighted by atomic mass is 9.86. The first-order valence-electron chi connectivity index (χ1n) is 15.0. The largest absolute Gasteiger partial charge is 0.381 e. The molecule has 0 bridgehead atoms. The summed E-state index contributed by atoms with van der Waals surface area (Å²) in [6, 6.07) is 7.07. The van der Waals surface area contributed by atoms with Crippen LogP contribution >= 0.6 is 11.9 Å². The molecule has 1 aliphatic heterocycles. The molecule has 0 atom stereocenters. The summed E-state index contributed by atoms with van der Waals surface area (Å²) in [5.41, 5.74) is 7.60. The van der Waals surface area contributed by atoms with E-state index in [0.29, 0.717) is 5.92 Å². The van der Waals surface area contributed by atoms with Gasteiger partial charge >= 0.3 is 0 Å². The summed E-state index contributed by atoms with van der Waals surface area (Å²) in [5.74, 6) is 0.773. The van der Waals surface area contributed by atoms with Gasteiger partial charge in [0, 0.05) is 53.2 Å². The van der Waals surface area contributed by atoms with Crippen LogP contribution in [-0.4, -0.2) is 35.3 Å². The molecular weight excluding hydrogens is 490 g/mol. The number of rotatable bonds is 7. The lowest BCUT2D eigenvalue weighted by Crippen LogP contribution is -2.39. The van der Waals surface area contributed by atoms with Crippen LogP contribution in [0.15, 0.2) is 23.1 Å². The quantitative estimate of drug-likeness (QED) is 0.366. The molecule has 1 saturated carbocycles. The Morgan fingerprint density at radius 1 is 1.00 bits per heavy atom. The van der Waals surface area contributed by atoms with E-state index in [2.05, 4.69) is 60.5 Å². The first-order valence-corrected chi connectivity index (χ1v) is 15.8. The average molecular weight is 538 g/mol. The molecule has 1 saturated heterocycles. The van der Waals surface area contributed by atoms with Crippen LogP contribution in [0.2, 0.25) is 0 Å². The van der Waals surface area contributed by atoms with Gasteiger partial charge in [0.15, 0.2) is 0 Å². The topological polar surface area (TPSA) is 55.3 Å². The highest BCUT2D eigenvalue weighted by atomic mass is 32.2. The van der Waals surface area contributed by atoms with Crippen molar-refractivity contribution in [1.82, 2.24) is 14.6 Å². The molecule has 1 aromatic carbocycles. The van der Waals surface area contributed by atoms with Crippen LogP contribution < -0.4 is 10.0 Å². The van der Waals surface area contributed by atoms with Crippen molar-refractivity contribution in [2.45, 2.75) is 121 Å². The lowest BCUT2D eigenvalue weighted by Gasteiger charge is -2.27. The van der Waals surface area contributed by atoms with Gasteiger partial charge in [0.25, 0.3) is 5.91 Å². The summed E-state index contributed by atoms with van der Waals surface area (Å²) in [4.78, 5) is 14.9. The molecule has 2 aromatic rings. The van der Waals surface area contributed by atoms with Gasteiger partial charge in [-0.3, -0.25) is 9.52 Å². The molecule has 0 spiro atoms. The zero-order chi connectivity index (χ0) is 26.7. The minimum absolute atomic E-state index is 0.0589. The van der Waals surface area contributed by atoms with Gasteiger partial charge in [-0.1, -0.05) is 25.3 Å². The second kappa shape index (κ2) is 12.2. The highest BCUT2D eigenvalue weighted by molar-refractivity contribution is 7.97. The van der Waals surface area contributed by atoms with Gasteiger partial charge in [-0.15, -0.1) is 0 Å². The highest BCUT2D eigenvalue weighted by Crippen LogP contribution is 2.39. The molecule has 2 aliphatic carbocycles. The van der Waals surface area contributed by atoms with E-state index in [1.165, 1.54) is 72.2 Å². The number of nitrogens with one attached hydrogen (secondary N) is 2. The Labute approximate surface area is 234 Å². The van der Waals surface area contributed by atoms with Gasteiger partial charge in [-0.2, -0.15) is 0 Å². The third kappa shape index (κ3) is 6.51. The van der Waals surface area contributed by atoms with E-state index in [1.807, 2.05) is 0 Å². The Bertz CT molecular complexity index is 1120. The Hall–Kier alpha value is -1.76. The zero-order valence-electron chi connectivity index (χ0n) is 24.0. The van der Waals surface area contributed by atoms with Crippen molar-refractivity contribution in [1.29, 1.82) is 0 Å². The van der Waals surface area contributed by atoms with E-state index in [-0.39, 0.29) is 17.5 Å². The molecule has 2 fully saturated rings. The maximum Gasteiger partial charge on any atom is 0.253 e. The van der Waals surface area contributed by atoms with Crippen molar-refractivity contribution in [2.24, 2.45) is 5.92 Å². The van der Waals surface area contributed by atoms with Crippen LogP contribution in [0.3, 0.4) is 0 Å². The zero-order valence-corrected chi connectivity index (χ0v) is 24.8. The number of nitrogens with zero attached hydrogens (tertiary/aromatic N) is 1. The van der Waals surface area contributed by atoms with Crippen molar-refractivity contribution >= 4 is 17.9 Å². The van der Waals surface area contributed by atoms with E-state index in [9.17, 15) is 4.79 Å². The fourth-order valence-corrected chi connectivity index (χ4v) is 7.35. The number of ether oxygens (including phenoxy) is 1. The number of amides is 1. The number of benzene rings is 1. The molecule has 0 unspecified atom stereocenters. The molecular formula is C32H47N3O2S. The molecule has 1 amide bonds. The van der Waals surface area contributed by atoms with Gasteiger partial charge in [0.2, 0.25) is 0 Å². The van der Waals surface area contributed by atoms with Gasteiger partial charge < -0.3 is 14.6 Å². The smallest absolute Gasteiger partial charge is 0.253 e. The lowest BCUT2D eigenvalue weighted by molar-refractivity contribution is 0.0696.